The molecule has 0 spiro atoms. The average molecular weight is 1090 g/mol. The maximum atomic E-state index is 12.9. The summed E-state index contributed by atoms with van der Waals surface area (Å²) in [5.74, 6) is -0.967. The first-order chi connectivity index (χ1) is 39.0. The highest BCUT2D eigenvalue weighted by molar-refractivity contribution is 5.71. The molecule has 1 unspecified atom stereocenters. The summed E-state index contributed by atoms with van der Waals surface area (Å²) in [6.45, 7) is 6.36. The van der Waals surface area contributed by atoms with E-state index < -0.39 is 6.10 Å². The van der Waals surface area contributed by atoms with Crippen LogP contribution in [-0.4, -0.2) is 37.2 Å². The van der Waals surface area contributed by atoms with Crippen LogP contribution < -0.4 is 0 Å². The molecule has 0 radical (unpaired) electrons. The van der Waals surface area contributed by atoms with Gasteiger partial charge >= 0.3 is 17.9 Å². The first-order valence-electron chi connectivity index (χ1n) is 32.3. The van der Waals surface area contributed by atoms with Crippen LogP contribution >= 0.6 is 0 Å². The summed E-state index contributed by atoms with van der Waals surface area (Å²) in [4.78, 5) is 38.3. The highest BCUT2D eigenvalue weighted by Crippen LogP contribution is 2.15. The zero-order valence-electron chi connectivity index (χ0n) is 51.1. The monoisotopic (exact) mass is 1090 g/mol. The minimum Gasteiger partial charge on any atom is -0.462 e. The first-order valence-corrected chi connectivity index (χ1v) is 32.3. The van der Waals surface area contributed by atoms with Crippen LogP contribution in [0, 0.1) is 0 Å². The molecule has 1 atom stereocenters. The lowest BCUT2D eigenvalue weighted by Crippen LogP contribution is -2.30. The fourth-order valence-corrected chi connectivity index (χ4v) is 8.58. The van der Waals surface area contributed by atoms with Gasteiger partial charge in [-0.3, -0.25) is 14.4 Å². The van der Waals surface area contributed by atoms with Gasteiger partial charge in [-0.05, 0) is 116 Å². The third-order valence-corrected chi connectivity index (χ3v) is 13.3. The third-order valence-electron chi connectivity index (χ3n) is 13.3. The molecule has 0 rings (SSSR count). The summed E-state index contributed by atoms with van der Waals surface area (Å²) in [5.41, 5.74) is 0. The van der Waals surface area contributed by atoms with E-state index in [0.29, 0.717) is 19.3 Å². The predicted molar refractivity (Wildman–Crippen MR) is 343 cm³/mol. The lowest BCUT2D eigenvalue weighted by molar-refractivity contribution is -0.167. The molecule has 446 valence electrons. The Kier molecular flexibility index (Phi) is 61.9. The summed E-state index contributed by atoms with van der Waals surface area (Å²) in [7, 11) is 0. The van der Waals surface area contributed by atoms with Gasteiger partial charge in [0.25, 0.3) is 0 Å². The summed E-state index contributed by atoms with van der Waals surface area (Å²) < 4.78 is 16.9. The number of hydrogen-bond donors (Lipinski definition) is 0. The number of rotatable bonds is 57. The van der Waals surface area contributed by atoms with Crippen LogP contribution in [-0.2, 0) is 28.6 Å². The normalized spacial score (nSPS) is 13.1. The van der Waals surface area contributed by atoms with Gasteiger partial charge in [0.1, 0.15) is 13.2 Å². The van der Waals surface area contributed by atoms with Gasteiger partial charge in [0.05, 0.1) is 0 Å². The first kappa shape index (κ1) is 74.3. The van der Waals surface area contributed by atoms with Gasteiger partial charge in [0.15, 0.2) is 6.10 Å². The SMILES string of the molecule is CC/C=C\C/C=C\C/C=C\C/C=C\C/C=C\C/C=C\C/C=C\CCCC(=O)OC(COC(=O)CCCCCCCCCCCCC)COC(=O)CCCCCCCCCCCCC/C=C\C/C=C\C/C=C\C/C=C\C/C=C\CC. The summed E-state index contributed by atoms with van der Waals surface area (Å²) in [6.07, 6.45) is 94.3. The van der Waals surface area contributed by atoms with Crippen LogP contribution in [0.4, 0.5) is 0 Å². The number of allylic oxidation sites excluding steroid dienone is 24. The Labute approximate surface area is 487 Å². The second-order valence-corrected chi connectivity index (χ2v) is 20.9. The lowest BCUT2D eigenvalue weighted by Gasteiger charge is -2.18. The van der Waals surface area contributed by atoms with Crippen LogP contribution in [0.3, 0.4) is 0 Å². The number of hydrogen-bond acceptors (Lipinski definition) is 6. The molecule has 0 fully saturated rings. The van der Waals surface area contributed by atoms with Crippen molar-refractivity contribution in [3.63, 3.8) is 0 Å². The topological polar surface area (TPSA) is 78.9 Å². The fourth-order valence-electron chi connectivity index (χ4n) is 8.58. The highest BCUT2D eigenvalue weighted by Gasteiger charge is 2.19. The Hall–Kier alpha value is -4.71. The van der Waals surface area contributed by atoms with E-state index in [1.54, 1.807) is 0 Å². The Balaban J connectivity index is 4.39. The number of carbonyl (C=O) groups is 3. The van der Waals surface area contributed by atoms with E-state index in [4.69, 9.17) is 14.2 Å². The van der Waals surface area contributed by atoms with Crippen molar-refractivity contribution >= 4 is 17.9 Å². The van der Waals surface area contributed by atoms with Crippen molar-refractivity contribution in [2.45, 2.75) is 284 Å². The number of unbranched alkanes of at least 4 members (excludes halogenated alkanes) is 22. The van der Waals surface area contributed by atoms with Crippen LogP contribution in [0.2, 0.25) is 0 Å². The molecular weight excluding hydrogens is 973 g/mol. The average Bonchev–Trinajstić information content (AvgIpc) is 3.45. The van der Waals surface area contributed by atoms with Crippen molar-refractivity contribution in [2.75, 3.05) is 13.2 Å². The number of esters is 3. The number of carbonyl (C=O) groups excluding carboxylic acids is 3. The van der Waals surface area contributed by atoms with Gasteiger partial charge in [0.2, 0.25) is 0 Å². The smallest absolute Gasteiger partial charge is 0.306 e. The van der Waals surface area contributed by atoms with Crippen molar-refractivity contribution in [3.8, 4) is 0 Å². The molecule has 6 heteroatoms. The van der Waals surface area contributed by atoms with Crippen molar-refractivity contribution in [3.05, 3.63) is 146 Å². The molecular formula is C73H118O6. The Morgan fingerprint density at radius 1 is 0.266 bits per heavy atom. The highest BCUT2D eigenvalue weighted by atomic mass is 16.6. The fraction of sp³-hybridized carbons (Fsp3) is 0.630. The molecule has 0 heterocycles. The molecule has 0 bridgehead atoms. The van der Waals surface area contributed by atoms with E-state index in [0.717, 1.165) is 122 Å². The molecule has 0 N–H and O–H groups in total. The van der Waals surface area contributed by atoms with Crippen LogP contribution in [0.15, 0.2) is 146 Å². The molecule has 0 aromatic carbocycles. The molecule has 0 aromatic rings. The zero-order valence-corrected chi connectivity index (χ0v) is 51.1. The largest absolute Gasteiger partial charge is 0.462 e. The van der Waals surface area contributed by atoms with Crippen molar-refractivity contribution in [1.82, 2.24) is 0 Å². The van der Waals surface area contributed by atoms with E-state index >= 15 is 0 Å². The molecule has 0 aliphatic rings. The van der Waals surface area contributed by atoms with Gasteiger partial charge in [0, 0.05) is 19.3 Å². The summed E-state index contributed by atoms with van der Waals surface area (Å²) >= 11 is 0. The van der Waals surface area contributed by atoms with E-state index in [-0.39, 0.29) is 37.5 Å². The maximum absolute atomic E-state index is 12.9. The van der Waals surface area contributed by atoms with E-state index in [2.05, 4.69) is 167 Å². The predicted octanol–water partition coefficient (Wildman–Crippen LogP) is 22.3. The van der Waals surface area contributed by atoms with Gasteiger partial charge in [-0.25, -0.2) is 0 Å². The van der Waals surface area contributed by atoms with E-state index in [1.807, 2.05) is 0 Å². The molecule has 6 nitrogen and oxygen atoms in total. The minimum absolute atomic E-state index is 0.104. The van der Waals surface area contributed by atoms with Gasteiger partial charge < -0.3 is 14.2 Å². The Morgan fingerprint density at radius 3 is 0.810 bits per heavy atom. The Morgan fingerprint density at radius 2 is 0.506 bits per heavy atom. The van der Waals surface area contributed by atoms with Crippen LogP contribution in [0.1, 0.15) is 278 Å². The van der Waals surface area contributed by atoms with Crippen molar-refractivity contribution < 1.29 is 28.6 Å². The standard InChI is InChI=1S/C73H118O6/c1-4-7-10-13-16-19-22-24-26-28-30-32-34-35-36-37-39-40-42-44-46-48-51-54-57-60-63-66-72(75)78-69-70(68-77-71(74)65-62-59-56-53-50-21-18-15-12-9-6-3)79-73(76)67-64-61-58-55-52-49-47-45-43-41-38-33-31-29-27-25-23-20-17-14-11-8-5-2/h7-8,10-11,16-17,19-20,24-27,30-33,35-36,41,43,47,49,55,58,70H,4-6,9,12-15,18,21-23,28-29,34,37-40,42,44-46,48,50-54,56-57,59-69H2,1-3H3/b10-7-,11-8-,19-16-,20-17-,26-24-,27-25-,32-30-,33-31-,36-35-,43-41-,49-47-,58-55-. The van der Waals surface area contributed by atoms with Crippen LogP contribution in [0.25, 0.3) is 0 Å². The third kappa shape index (κ3) is 64.0. The van der Waals surface area contributed by atoms with Gasteiger partial charge in [-0.1, -0.05) is 289 Å². The maximum Gasteiger partial charge on any atom is 0.306 e. The van der Waals surface area contributed by atoms with Gasteiger partial charge in [-0.15, -0.1) is 0 Å². The molecule has 0 aliphatic carbocycles. The van der Waals surface area contributed by atoms with Crippen molar-refractivity contribution in [1.29, 1.82) is 0 Å². The van der Waals surface area contributed by atoms with Crippen molar-refractivity contribution in [2.24, 2.45) is 0 Å². The van der Waals surface area contributed by atoms with Crippen LogP contribution in [0.5, 0.6) is 0 Å². The second kappa shape index (κ2) is 65.8. The molecule has 0 aliphatic heterocycles. The quantitative estimate of drug-likeness (QED) is 0.0261. The molecule has 0 saturated heterocycles. The number of ether oxygens (including phenoxy) is 3. The van der Waals surface area contributed by atoms with E-state index in [1.165, 1.54) is 109 Å². The molecule has 0 amide bonds. The summed E-state index contributed by atoms with van der Waals surface area (Å²) in [5, 5.41) is 0. The zero-order chi connectivity index (χ0) is 57.1. The minimum atomic E-state index is -0.815. The lowest BCUT2D eigenvalue weighted by atomic mass is 10.0. The van der Waals surface area contributed by atoms with E-state index in [9.17, 15) is 14.4 Å². The Bertz CT molecular complexity index is 1730. The summed E-state index contributed by atoms with van der Waals surface area (Å²) in [6, 6.07) is 0. The molecule has 79 heavy (non-hydrogen) atoms. The molecule has 0 saturated carbocycles. The second-order valence-electron chi connectivity index (χ2n) is 20.9. The molecule has 0 aromatic heterocycles. The van der Waals surface area contributed by atoms with Gasteiger partial charge in [-0.2, -0.15) is 0 Å².